The molecule has 2 rings (SSSR count). The molecule has 0 radical (unpaired) electrons. The molecule has 0 aliphatic carbocycles. The van der Waals surface area contributed by atoms with Crippen molar-refractivity contribution in [2.75, 3.05) is 25.5 Å². The zero-order valence-corrected chi connectivity index (χ0v) is 11.6. The molecule has 0 saturated heterocycles. The SMILES string of the molecule is CCOCCCNC1CCSc2c(F)cccc21. The van der Waals surface area contributed by atoms with Crippen molar-refractivity contribution in [1.82, 2.24) is 5.32 Å². The van der Waals surface area contributed by atoms with Crippen LogP contribution in [0.3, 0.4) is 0 Å². The number of nitrogens with one attached hydrogen (secondary N) is 1. The van der Waals surface area contributed by atoms with E-state index in [4.69, 9.17) is 4.74 Å². The molecule has 1 aliphatic heterocycles. The second kappa shape index (κ2) is 7.12. The number of fused-ring (bicyclic) bond motifs is 1. The van der Waals surface area contributed by atoms with Crippen LogP contribution in [0.25, 0.3) is 0 Å². The van der Waals surface area contributed by atoms with Gasteiger partial charge in [0.2, 0.25) is 0 Å². The Morgan fingerprint density at radius 1 is 1.50 bits per heavy atom. The van der Waals surface area contributed by atoms with Gasteiger partial charge in [0, 0.05) is 24.2 Å². The van der Waals surface area contributed by atoms with Gasteiger partial charge in [-0.3, -0.25) is 0 Å². The summed E-state index contributed by atoms with van der Waals surface area (Å²) in [6.07, 6.45) is 2.07. The number of hydrogen-bond donors (Lipinski definition) is 1. The Morgan fingerprint density at radius 3 is 3.22 bits per heavy atom. The van der Waals surface area contributed by atoms with Crippen molar-refractivity contribution >= 4 is 11.8 Å². The Balaban J connectivity index is 1.90. The van der Waals surface area contributed by atoms with Crippen LogP contribution in [0.5, 0.6) is 0 Å². The maximum absolute atomic E-state index is 13.7. The Hall–Kier alpha value is -0.580. The van der Waals surface area contributed by atoms with Crippen molar-refractivity contribution < 1.29 is 9.13 Å². The molecule has 18 heavy (non-hydrogen) atoms. The summed E-state index contributed by atoms with van der Waals surface area (Å²) < 4.78 is 19.0. The molecule has 1 unspecified atom stereocenters. The van der Waals surface area contributed by atoms with E-state index in [0.29, 0.717) is 6.04 Å². The van der Waals surface area contributed by atoms with Gasteiger partial charge in [0.05, 0.1) is 0 Å². The standard InChI is InChI=1S/C14H20FNOS/c1-2-17-9-4-8-16-13-7-10-18-14-11(13)5-3-6-12(14)15/h3,5-6,13,16H,2,4,7-10H2,1H3. The van der Waals surface area contributed by atoms with E-state index in [9.17, 15) is 4.39 Å². The van der Waals surface area contributed by atoms with Gasteiger partial charge >= 0.3 is 0 Å². The van der Waals surface area contributed by atoms with Gasteiger partial charge in [-0.05, 0) is 43.7 Å². The first kappa shape index (κ1) is 13.8. The third kappa shape index (κ3) is 3.46. The molecule has 0 aromatic heterocycles. The van der Waals surface area contributed by atoms with Gasteiger partial charge in [0.25, 0.3) is 0 Å². The Morgan fingerprint density at radius 2 is 2.39 bits per heavy atom. The fraction of sp³-hybridized carbons (Fsp3) is 0.571. The molecular formula is C14H20FNOS. The van der Waals surface area contributed by atoms with Crippen molar-refractivity contribution in [3.05, 3.63) is 29.6 Å². The van der Waals surface area contributed by atoms with Gasteiger partial charge < -0.3 is 10.1 Å². The molecule has 2 nitrogen and oxygen atoms in total. The summed E-state index contributed by atoms with van der Waals surface area (Å²) in [5.74, 6) is 0.898. The molecule has 0 fully saturated rings. The quantitative estimate of drug-likeness (QED) is 0.800. The highest BCUT2D eigenvalue weighted by atomic mass is 32.2. The maximum atomic E-state index is 13.7. The van der Waals surface area contributed by atoms with E-state index in [2.05, 4.69) is 5.32 Å². The van der Waals surface area contributed by atoms with E-state index in [-0.39, 0.29) is 5.82 Å². The van der Waals surface area contributed by atoms with Gasteiger partial charge in [-0.2, -0.15) is 0 Å². The highest BCUT2D eigenvalue weighted by Crippen LogP contribution is 2.37. The lowest BCUT2D eigenvalue weighted by molar-refractivity contribution is 0.144. The van der Waals surface area contributed by atoms with Crippen LogP contribution >= 0.6 is 11.8 Å². The van der Waals surface area contributed by atoms with Crippen LogP contribution in [-0.4, -0.2) is 25.5 Å². The van der Waals surface area contributed by atoms with E-state index in [1.807, 2.05) is 13.0 Å². The lowest BCUT2D eigenvalue weighted by atomic mass is 10.0. The minimum Gasteiger partial charge on any atom is -0.382 e. The first-order chi connectivity index (χ1) is 8.83. The van der Waals surface area contributed by atoms with Crippen molar-refractivity contribution in [2.45, 2.75) is 30.7 Å². The Bertz CT molecular complexity index is 386. The van der Waals surface area contributed by atoms with Crippen LogP contribution < -0.4 is 5.32 Å². The zero-order chi connectivity index (χ0) is 12.8. The molecule has 100 valence electrons. The summed E-state index contributed by atoms with van der Waals surface area (Å²) in [6, 6.07) is 5.67. The highest BCUT2D eigenvalue weighted by Gasteiger charge is 2.22. The lowest BCUT2D eigenvalue weighted by Gasteiger charge is -2.26. The molecule has 1 heterocycles. The van der Waals surface area contributed by atoms with Crippen LogP contribution in [0.15, 0.2) is 23.1 Å². The molecule has 4 heteroatoms. The molecule has 0 amide bonds. The number of ether oxygens (including phenoxy) is 1. The topological polar surface area (TPSA) is 21.3 Å². The molecule has 0 bridgehead atoms. The second-order valence-corrected chi connectivity index (χ2v) is 5.46. The average molecular weight is 269 g/mol. The van der Waals surface area contributed by atoms with Crippen LogP contribution in [-0.2, 0) is 4.74 Å². The van der Waals surface area contributed by atoms with Crippen LogP contribution in [0.2, 0.25) is 0 Å². The summed E-state index contributed by atoms with van der Waals surface area (Å²) in [5.41, 5.74) is 1.11. The molecule has 1 N–H and O–H groups in total. The number of rotatable bonds is 6. The van der Waals surface area contributed by atoms with E-state index in [1.54, 1.807) is 23.9 Å². The summed E-state index contributed by atoms with van der Waals surface area (Å²) in [7, 11) is 0. The number of halogens is 1. The van der Waals surface area contributed by atoms with E-state index < -0.39 is 0 Å². The summed E-state index contributed by atoms with van der Waals surface area (Å²) in [5, 5.41) is 3.50. The fourth-order valence-electron chi connectivity index (χ4n) is 2.19. The average Bonchev–Trinajstić information content (AvgIpc) is 2.39. The third-order valence-corrected chi connectivity index (χ3v) is 4.25. The first-order valence-corrected chi connectivity index (χ1v) is 7.54. The third-order valence-electron chi connectivity index (χ3n) is 3.09. The molecule has 1 aromatic rings. The maximum Gasteiger partial charge on any atom is 0.137 e. The number of thioether (sulfide) groups is 1. The second-order valence-electron chi connectivity index (χ2n) is 4.35. The minimum absolute atomic E-state index is 0.0849. The smallest absolute Gasteiger partial charge is 0.137 e. The fourth-order valence-corrected chi connectivity index (χ4v) is 3.33. The lowest BCUT2D eigenvalue weighted by Crippen LogP contribution is -2.26. The van der Waals surface area contributed by atoms with Crippen LogP contribution in [0.1, 0.15) is 31.4 Å². The largest absolute Gasteiger partial charge is 0.382 e. The van der Waals surface area contributed by atoms with Crippen LogP contribution in [0.4, 0.5) is 4.39 Å². The normalized spacial score (nSPS) is 18.7. The van der Waals surface area contributed by atoms with E-state index >= 15 is 0 Å². The number of benzene rings is 1. The number of hydrogen-bond acceptors (Lipinski definition) is 3. The van der Waals surface area contributed by atoms with Gasteiger partial charge in [-0.25, -0.2) is 4.39 Å². The molecular weight excluding hydrogens is 249 g/mol. The van der Waals surface area contributed by atoms with Gasteiger partial charge in [-0.1, -0.05) is 12.1 Å². The summed E-state index contributed by atoms with van der Waals surface area (Å²) in [4.78, 5) is 0.825. The predicted octanol–water partition coefficient (Wildman–Crippen LogP) is 3.38. The molecule has 1 aliphatic rings. The van der Waals surface area contributed by atoms with Gasteiger partial charge in [-0.15, -0.1) is 11.8 Å². The summed E-state index contributed by atoms with van der Waals surface area (Å²) in [6.45, 7) is 4.49. The van der Waals surface area contributed by atoms with E-state index in [0.717, 1.165) is 48.8 Å². The minimum atomic E-state index is -0.0849. The van der Waals surface area contributed by atoms with Crippen molar-refractivity contribution in [2.24, 2.45) is 0 Å². The molecule has 0 spiro atoms. The predicted molar refractivity (Wildman–Crippen MR) is 73.6 cm³/mol. The monoisotopic (exact) mass is 269 g/mol. The van der Waals surface area contributed by atoms with Gasteiger partial charge in [0.1, 0.15) is 5.82 Å². The first-order valence-electron chi connectivity index (χ1n) is 6.55. The molecule has 1 atom stereocenters. The highest BCUT2D eigenvalue weighted by molar-refractivity contribution is 7.99. The Labute approximate surface area is 112 Å². The van der Waals surface area contributed by atoms with E-state index in [1.165, 1.54) is 0 Å². The van der Waals surface area contributed by atoms with Crippen LogP contribution in [0, 0.1) is 5.82 Å². The summed E-state index contributed by atoms with van der Waals surface area (Å²) >= 11 is 1.63. The molecule has 0 saturated carbocycles. The molecule has 1 aromatic carbocycles. The van der Waals surface area contributed by atoms with Gasteiger partial charge in [0.15, 0.2) is 0 Å². The Kier molecular flexibility index (Phi) is 5.47. The van der Waals surface area contributed by atoms with Crippen molar-refractivity contribution in [3.63, 3.8) is 0 Å². The zero-order valence-electron chi connectivity index (χ0n) is 10.7. The van der Waals surface area contributed by atoms with Crippen molar-refractivity contribution in [3.8, 4) is 0 Å². The van der Waals surface area contributed by atoms with Crippen molar-refractivity contribution in [1.29, 1.82) is 0 Å².